The lowest BCUT2D eigenvalue weighted by Crippen LogP contribution is -2.12. The minimum atomic E-state index is 0.159. The standard InChI is InChI=1S/C17H20O2/c1-14(12-18)13-19-17-9-7-16(8-10-17)11-15-5-3-2-4-6-15/h2-10,14,18H,11-13H2,1H3. The van der Waals surface area contributed by atoms with Gasteiger partial charge in [-0.05, 0) is 29.7 Å². The van der Waals surface area contributed by atoms with Gasteiger partial charge in [-0.25, -0.2) is 0 Å². The van der Waals surface area contributed by atoms with Gasteiger partial charge in [-0.1, -0.05) is 49.4 Å². The lowest BCUT2D eigenvalue weighted by molar-refractivity contribution is 0.174. The smallest absolute Gasteiger partial charge is 0.119 e. The van der Waals surface area contributed by atoms with Gasteiger partial charge in [-0.2, -0.15) is 0 Å². The van der Waals surface area contributed by atoms with Crippen molar-refractivity contribution >= 4 is 0 Å². The first kappa shape index (κ1) is 13.6. The van der Waals surface area contributed by atoms with Crippen LogP contribution >= 0.6 is 0 Å². The molecule has 2 nitrogen and oxygen atoms in total. The van der Waals surface area contributed by atoms with Gasteiger partial charge in [0, 0.05) is 12.5 Å². The molecular formula is C17H20O2. The van der Waals surface area contributed by atoms with Crippen molar-refractivity contribution in [1.82, 2.24) is 0 Å². The molecule has 0 aliphatic heterocycles. The first-order valence-corrected chi connectivity index (χ1v) is 6.64. The van der Waals surface area contributed by atoms with E-state index in [9.17, 15) is 0 Å². The molecule has 0 amide bonds. The zero-order valence-corrected chi connectivity index (χ0v) is 11.3. The van der Waals surface area contributed by atoms with Crippen molar-refractivity contribution in [3.63, 3.8) is 0 Å². The topological polar surface area (TPSA) is 29.5 Å². The van der Waals surface area contributed by atoms with Crippen LogP contribution in [-0.4, -0.2) is 18.3 Å². The van der Waals surface area contributed by atoms with E-state index in [4.69, 9.17) is 9.84 Å². The summed E-state index contributed by atoms with van der Waals surface area (Å²) in [4.78, 5) is 0. The van der Waals surface area contributed by atoms with E-state index in [-0.39, 0.29) is 12.5 Å². The number of ether oxygens (including phenoxy) is 1. The second kappa shape index (κ2) is 6.95. The van der Waals surface area contributed by atoms with Crippen LogP contribution in [0.15, 0.2) is 54.6 Å². The number of hydrogen-bond acceptors (Lipinski definition) is 2. The van der Waals surface area contributed by atoms with Crippen LogP contribution in [0.4, 0.5) is 0 Å². The molecule has 0 heterocycles. The Bertz CT molecular complexity index is 476. The monoisotopic (exact) mass is 256 g/mol. The van der Waals surface area contributed by atoms with Crippen molar-refractivity contribution in [3.05, 3.63) is 65.7 Å². The molecule has 1 atom stereocenters. The number of benzene rings is 2. The second-order valence-corrected chi connectivity index (χ2v) is 4.91. The highest BCUT2D eigenvalue weighted by Crippen LogP contribution is 2.15. The maximum atomic E-state index is 8.94. The highest BCUT2D eigenvalue weighted by Gasteiger charge is 2.01. The number of aliphatic hydroxyl groups excluding tert-OH is 1. The van der Waals surface area contributed by atoms with Crippen LogP contribution in [0.1, 0.15) is 18.1 Å². The van der Waals surface area contributed by atoms with E-state index in [1.54, 1.807) is 0 Å². The van der Waals surface area contributed by atoms with E-state index in [0.717, 1.165) is 12.2 Å². The molecule has 0 saturated carbocycles. The summed E-state index contributed by atoms with van der Waals surface area (Å²) >= 11 is 0. The first-order valence-electron chi connectivity index (χ1n) is 6.64. The predicted octanol–water partition coefficient (Wildman–Crippen LogP) is 3.28. The molecule has 2 aromatic carbocycles. The number of aliphatic hydroxyl groups is 1. The summed E-state index contributed by atoms with van der Waals surface area (Å²) in [6, 6.07) is 18.6. The highest BCUT2D eigenvalue weighted by molar-refractivity contribution is 5.31. The summed E-state index contributed by atoms with van der Waals surface area (Å²) in [5.41, 5.74) is 2.58. The van der Waals surface area contributed by atoms with E-state index in [1.807, 2.05) is 25.1 Å². The Morgan fingerprint density at radius 2 is 1.58 bits per heavy atom. The van der Waals surface area contributed by atoms with Crippen LogP contribution in [0.2, 0.25) is 0 Å². The number of rotatable bonds is 6. The van der Waals surface area contributed by atoms with Gasteiger partial charge in [0.1, 0.15) is 5.75 Å². The zero-order valence-electron chi connectivity index (χ0n) is 11.3. The van der Waals surface area contributed by atoms with Crippen molar-refractivity contribution in [2.75, 3.05) is 13.2 Å². The molecule has 19 heavy (non-hydrogen) atoms. The molecule has 2 rings (SSSR count). The molecule has 1 unspecified atom stereocenters. The van der Waals surface area contributed by atoms with Crippen LogP contribution in [0.5, 0.6) is 5.75 Å². The van der Waals surface area contributed by atoms with E-state index in [2.05, 4.69) is 36.4 Å². The normalized spacial score (nSPS) is 12.1. The summed E-state index contributed by atoms with van der Waals surface area (Å²) in [5, 5.41) is 8.94. The van der Waals surface area contributed by atoms with Crippen LogP contribution in [-0.2, 0) is 6.42 Å². The quantitative estimate of drug-likeness (QED) is 0.859. The summed E-state index contributed by atoms with van der Waals surface area (Å²) < 4.78 is 5.60. The molecular weight excluding hydrogens is 236 g/mol. The molecule has 0 aromatic heterocycles. The average Bonchev–Trinajstić information content (AvgIpc) is 2.47. The van der Waals surface area contributed by atoms with Gasteiger partial charge in [0.2, 0.25) is 0 Å². The van der Waals surface area contributed by atoms with E-state index in [0.29, 0.717) is 6.61 Å². The Hall–Kier alpha value is -1.80. The summed E-state index contributed by atoms with van der Waals surface area (Å²) in [6.45, 7) is 2.67. The van der Waals surface area contributed by atoms with E-state index in [1.165, 1.54) is 11.1 Å². The fraction of sp³-hybridized carbons (Fsp3) is 0.294. The van der Waals surface area contributed by atoms with Crippen LogP contribution in [0.25, 0.3) is 0 Å². The van der Waals surface area contributed by atoms with Crippen molar-refractivity contribution in [2.24, 2.45) is 5.92 Å². The highest BCUT2D eigenvalue weighted by atomic mass is 16.5. The van der Waals surface area contributed by atoms with Crippen LogP contribution < -0.4 is 4.74 Å². The molecule has 0 aliphatic carbocycles. The largest absolute Gasteiger partial charge is 0.493 e. The number of hydrogen-bond donors (Lipinski definition) is 1. The van der Waals surface area contributed by atoms with Crippen LogP contribution in [0, 0.1) is 5.92 Å². The summed E-state index contributed by atoms with van der Waals surface area (Å²) in [5.74, 6) is 1.03. The Balaban J connectivity index is 1.91. The minimum Gasteiger partial charge on any atom is -0.493 e. The maximum Gasteiger partial charge on any atom is 0.119 e. The van der Waals surface area contributed by atoms with E-state index >= 15 is 0 Å². The molecule has 0 fully saturated rings. The van der Waals surface area contributed by atoms with Gasteiger partial charge in [-0.15, -0.1) is 0 Å². The lowest BCUT2D eigenvalue weighted by Gasteiger charge is -2.10. The predicted molar refractivity (Wildman–Crippen MR) is 77.4 cm³/mol. The Morgan fingerprint density at radius 1 is 0.947 bits per heavy atom. The molecule has 0 spiro atoms. The third-order valence-corrected chi connectivity index (χ3v) is 3.02. The van der Waals surface area contributed by atoms with Crippen molar-refractivity contribution in [2.45, 2.75) is 13.3 Å². The minimum absolute atomic E-state index is 0.159. The molecule has 0 saturated heterocycles. The van der Waals surface area contributed by atoms with Gasteiger partial charge in [0.15, 0.2) is 0 Å². The van der Waals surface area contributed by atoms with Gasteiger partial charge in [-0.3, -0.25) is 0 Å². The molecule has 1 N–H and O–H groups in total. The van der Waals surface area contributed by atoms with Gasteiger partial charge < -0.3 is 9.84 Å². The zero-order chi connectivity index (χ0) is 13.5. The molecule has 2 aromatic rings. The van der Waals surface area contributed by atoms with Crippen molar-refractivity contribution < 1.29 is 9.84 Å². The molecule has 0 aliphatic rings. The van der Waals surface area contributed by atoms with Crippen molar-refractivity contribution in [3.8, 4) is 5.75 Å². The Labute approximate surface area is 114 Å². The second-order valence-electron chi connectivity index (χ2n) is 4.91. The fourth-order valence-electron chi connectivity index (χ4n) is 1.83. The molecule has 0 bridgehead atoms. The summed E-state index contributed by atoms with van der Waals surface area (Å²) in [6.07, 6.45) is 0.939. The molecule has 2 heteroatoms. The van der Waals surface area contributed by atoms with E-state index < -0.39 is 0 Å². The van der Waals surface area contributed by atoms with Gasteiger partial charge in [0.05, 0.1) is 6.61 Å². The van der Waals surface area contributed by atoms with Crippen LogP contribution in [0.3, 0.4) is 0 Å². The SMILES string of the molecule is CC(CO)COc1ccc(Cc2ccccc2)cc1. The molecule has 100 valence electrons. The lowest BCUT2D eigenvalue weighted by atomic mass is 10.1. The average molecular weight is 256 g/mol. The Kier molecular flexibility index (Phi) is 4.99. The fourth-order valence-corrected chi connectivity index (χ4v) is 1.83. The third kappa shape index (κ3) is 4.42. The third-order valence-electron chi connectivity index (χ3n) is 3.02. The first-order chi connectivity index (χ1) is 9.28. The van der Waals surface area contributed by atoms with Gasteiger partial charge >= 0.3 is 0 Å². The maximum absolute atomic E-state index is 8.94. The Morgan fingerprint density at radius 3 is 2.21 bits per heavy atom. The summed E-state index contributed by atoms with van der Waals surface area (Å²) in [7, 11) is 0. The molecule has 0 radical (unpaired) electrons. The van der Waals surface area contributed by atoms with Gasteiger partial charge in [0.25, 0.3) is 0 Å². The van der Waals surface area contributed by atoms with Crippen molar-refractivity contribution in [1.29, 1.82) is 0 Å².